The molecule has 0 spiro atoms. The maximum absolute atomic E-state index is 13.8. The third kappa shape index (κ3) is 14.6. The summed E-state index contributed by atoms with van der Waals surface area (Å²) in [5, 5.41) is 9.72. The van der Waals surface area contributed by atoms with Gasteiger partial charge in [0, 0.05) is 19.1 Å². The Morgan fingerprint density at radius 3 is 2.00 bits per heavy atom. The van der Waals surface area contributed by atoms with Gasteiger partial charge >= 0.3 is 17.9 Å². The van der Waals surface area contributed by atoms with Crippen molar-refractivity contribution in [3.05, 3.63) is 41.1 Å². The van der Waals surface area contributed by atoms with Gasteiger partial charge in [-0.25, -0.2) is 14.4 Å². The van der Waals surface area contributed by atoms with Crippen LogP contribution in [0.4, 0.5) is 0 Å². The highest BCUT2D eigenvalue weighted by atomic mass is 32.2. The molecule has 6 atom stereocenters. The lowest BCUT2D eigenvalue weighted by Crippen LogP contribution is -2.68. The van der Waals surface area contributed by atoms with Gasteiger partial charge in [0.2, 0.25) is 29.5 Å². The fourth-order valence-corrected chi connectivity index (χ4v) is 7.20. The smallest absolute Gasteiger partial charge is 0.355 e. The number of nitrogens with zero attached hydrogens (tertiary/aromatic N) is 1. The number of esters is 3. The van der Waals surface area contributed by atoms with Crippen LogP contribution < -0.4 is 31.7 Å². The van der Waals surface area contributed by atoms with Gasteiger partial charge in [-0.05, 0) is 97.9 Å². The maximum atomic E-state index is 13.8. The van der Waals surface area contributed by atoms with E-state index >= 15 is 0 Å². The zero-order valence-electron chi connectivity index (χ0n) is 35.3. The summed E-state index contributed by atoms with van der Waals surface area (Å²) in [5.74, 6) is -4.48. The Balaban J connectivity index is 1.85. The molecule has 1 fully saturated rings. The number of hydrogen-bond donors (Lipinski definition) is 5. The van der Waals surface area contributed by atoms with Crippen molar-refractivity contribution >= 4 is 59.2 Å². The molecule has 2 heterocycles. The van der Waals surface area contributed by atoms with Gasteiger partial charge in [-0.1, -0.05) is 12.1 Å². The van der Waals surface area contributed by atoms with Crippen molar-refractivity contribution < 1.29 is 57.3 Å². The first-order valence-electron chi connectivity index (χ1n) is 19.3. The Morgan fingerprint density at radius 1 is 0.831 bits per heavy atom. The van der Waals surface area contributed by atoms with Crippen molar-refractivity contribution in [3.8, 4) is 5.75 Å². The van der Waals surface area contributed by atoms with E-state index in [1.807, 2.05) is 0 Å². The Kier molecular flexibility index (Phi) is 16.9. The molecule has 2 aliphatic rings. The van der Waals surface area contributed by atoms with E-state index in [0.717, 1.165) is 0 Å². The van der Waals surface area contributed by atoms with Crippen LogP contribution in [0.15, 0.2) is 35.5 Å². The fraction of sp³-hybridized carbons (Fsp3) is 0.600. The number of rotatable bonds is 18. The zero-order valence-corrected chi connectivity index (χ0v) is 36.2. The van der Waals surface area contributed by atoms with Gasteiger partial charge in [-0.3, -0.25) is 28.9 Å². The van der Waals surface area contributed by atoms with Crippen LogP contribution in [0, 0.1) is 0 Å². The second-order valence-electron chi connectivity index (χ2n) is 16.3. The van der Waals surface area contributed by atoms with Gasteiger partial charge in [0.15, 0.2) is 0 Å². The topological polar surface area (TPSA) is 251 Å². The summed E-state index contributed by atoms with van der Waals surface area (Å²) in [7, 11) is 1.53. The minimum Gasteiger partial charge on any atom is -0.497 e. The van der Waals surface area contributed by atoms with Crippen LogP contribution in [0.3, 0.4) is 0 Å². The molecule has 326 valence electrons. The summed E-state index contributed by atoms with van der Waals surface area (Å²) in [6.45, 7) is 13.9. The second-order valence-corrected chi connectivity index (χ2v) is 17.4. The highest BCUT2D eigenvalue weighted by Gasteiger charge is 2.52. The van der Waals surface area contributed by atoms with Gasteiger partial charge in [0.05, 0.1) is 7.11 Å². The molecular weight excluding hydrogens is 789 g/mol. The summed E-state index contributed by atoms with van der Waals surface area (Å²) in [6.07, 6.45) is -0.570. The van der Waals surface area contributed by atoms with Crippen molar-refractivity contribution in [1.29, 1.82) is 0 Å². The number of thioether (sulfide) groups is 1. The van der Waals surface area contributed by atoms with Crippen LogP contribution >= 0.6 is 11.8 Å². The molecular formula is C40H58N6O12S. The summed E-state index contributed by atoms with van der Waals surface area (Å²) < 4.78 is 21.5. The first-order valence-corrected chi connectivity index (χ1v) is 20.3. The highest BCUT2D eigenvalue weighted by molar-refractivity contribution is 8.00. The number of carbonyl (C=O) groups excluding carboxylic acids is 8. The van der Waals surface area contributed by atoms with Crippen LogP contribution in [0.1, 0.15) is 93.6 Å². The van der Waals surface area contributed by atoms with E-state index in [1.54, 1.807) is 65.8 Å². The third-order valence-electron chi connectivity index (χ3n) is 8.80. The lowest BCUT2D eigenvalue weighted by molar-refractivity contribution is -0.159. The average molecular weight is 847 g/mol. The van der Waals surface area contributed by atoms with E-state index in [0.29, 0.717) is 16.9 Å². The number of carbonyl (C=O) groups is 8. The van der Waals surface area contributed by atoms with Gasteiger partial charge in [-0.2, -0.15) is 0 Å². The predicted octanol–water partition coefficient (Wildman–Crippen LogP) is 1.48. The minimum absolute atomic E-state index is 0.00108. The van der Waals surface area contributed by atoms with E-state index in [-0.39, 0.29) is 43.7 Å². The lowest BCUT2D eigenvalue weighted by atomic mass is 9.99. The number of benzene rings is 1. The largest absolute Gasteiger partial charge is 0.497 e. The number of hydrogen-bond acceptors (Lipinski definition) is 14. The van der Waals surface area contributed by atoms with E-state index in [4.69, 9.17) is 24.7 Å². The van der Waals surface area contributed by atoms with Crippen molar-refractivity contribution in [3.63, 3.8) is 0 Å². The molecule has 0 radical (unpaired) electrons. The molecule has 0 aliphatic carbocycles. The van der Waals surface area contributed by atoms with Gasteiger partial charge in [-0.15, -0.1) is 11.8 Å². The normalized spacial score (nSPS) is 18.4. The van der Waals surface area contributed by atoms with Gasteiger partial charge in [0.25, 0.3) is 0 Å². The monoisotopic (exact) mass is 846 g/mol. The van der Waals surface area contributed by atoms with Crippen LogP contribution in [0.2, 0.25) is 0 Å². The van der Waals surface area contributed by atoms with E-state index < -0.39 is 94.2 Å². The molecule has 0 aromatic heterocycles. The quantitative estimate of drug-likeness (QED) is 0.0798. The zero-order chi connectivity index (χ0) is 44.4. The first kappa shape index (κ1) is 48.2. The highest BCUT2D eigenvalue weighted by Crippen LogP contribution is 2.41. The minimum atomic E-state index is -1.30. The predicted molar refractivity (Wildman–Crippen MR) is 216 cm³/mol. The van der Waals surface area contributed by atoms with Crippen LogP contribution in [-0.2, 0) is 59.2 Å². The number of methoxy groups -OCH3 is 1. The van der Waals surface area contributed by atoms with Crippen LogP contribution in [0.5, 0.6) is 5.75 Å². The number of fused-ring (bicyclic) bond motifs is 1. The molecule has 1 aromatic carbocycles. The molecule has 5 amide bonds. The average Bonchev–Trinajstić information content (AvgIpc) is 3.14. The summed E-state index contributed by atoms with van der Waals surface area (Å²) >= 11 is 1.34. The molecule has 2 aliphatic heterocycles. The molecule has 1 saturated heterocycles. The maximum Gasteiger partial charge on any atom is 0.355 e. The van der Waals surface area contributed by atoms with Crippen molar-refractivity contribution in [2.45, 2.75) is 141 Å². The van der Waals surface area contributed by atoms with Crippen molar-refractivity contribution in [2.75, 3.05) is 12.9 Å². The Bertz CT molecular complexity index is 1790. The fourth-order valence-electron chi connectivity index (χ4n) is 5.86. The molecule has 1 aromatic rings. The Labute approximate surface area is 348 Å². The molecule has 59 heavy (non-hydrogen) atoms. The van der Waals surface area contributed by atoms with E-state index in [2.05, 4.69) is 21.3 Å². The van der Waals surface area contributed by atoms with Crippen molar-refractivity contribution in [1.82, 2.24) is 26.2 Å². The Morgan fingerprint density at radius 2 is 1.42 bits per heavy atom. The molecule has 0 unspecified atom stereocenters. The SMILES string of the molecule is COc1ccc(COC(=O)C2=C(CC[C@H](NC(=O)CC[C@@H](NC(C)=O)C(=O)OC(C)(C)C)C(=O)N[C@H](C)C(=O)N[C@H](C)C(=O)OC(C)(C)C)CS[C@@H]3[C@H](N)C(=O)N23)cc1. The first-order chi connectivity index (χ1) is 27.4. The van der Waals surface area contributed by atoms with E-state index in [1.165, 1.54) is 44.5 Å². The number of nitrogens with two attached hydrogens (primary N) is 1. The molecule has 6 N–H and O–H groups in total. The second kappa shape index (κ2) is 20.7. The summed E-state index contributed by atoms with van der Waals surface area (Å²) in [6, 6.07) is 1.36. The molecule has 0 saturated carbocycles. The third-order valence-corrected chi connectivity index (χ3v) is 10.2. The summed E-state index contributed by atoms with van der Waals surface area (Å²) in [4.78, 5) is 105. The molecule has 0 bridgehead atoms. The number of β-lactam (4-membered cyclic amide) rings is 1. The number of nitrogens with one attached hydrogen (secondary N) is 4. The van der Waals surface area contributed by atoms with Gasteiger partial charge in [0.1, 0.15) is 64.8 Å². The number of ether oxygens (including phenoxy) is 4. The standard InChI is InChI=1S/C40H58N6O12S/c1-21(32(49)43-22(2)36(52)57-39(4,5)6)42-33(50)27(45-29(48)18-17-28(44-23(3)47)37(53)58-40(7,8)9)16-13-25-20-59-35-30(41)34(51)46(35)31(25)38(54)56-19-24-11-14-26(55-10)15-12-24/h11-12,14-15,21-22,27-28,30,35H,13,16-20,41H2,1-10H3,(H,42,50)(H,43,49)(H,44,47)(H,45,48)/t21-,22-,27+,28-,30-,35-/m1/s1. The van der Waals surface area contributed by atoms with Crippen LogP contribution in [0.25, 0.3) is 0 Å². The number of amides is 5. The summed E-state index contributed by atoms with van der Waals surface area (Å²) in [5.41, 5.74) is 5.51. The van der Waals surface area contributed by atoms with Crippen molar-refractivity contribution in [2.24, 2.45) is 5.73 Å². The van der Waals surface area contributed by atoms with E-state index in [9.17, 15) is 38.4 Å². The molecule has 3 rings (SSSR count). The molecule has 19 heteroatoms. The van der Waals surface area contributed by atoms with Gasteiger partial charge < -0.3 is 45.9 Å². The van der Waals surface area contributed by atoms with Crippen LogP contribution in [-0.4, -0.2) is 112 Å². The molecule has 18 nitrogen and oxygen atoms in total. The Hall–Kier alpha value is -5.17. The lowest BCUT2D eigenvalue weighted by Gasteiger charge is -2.48.